The van der Waals surface area contributed by atoms with E-state index in [9.17, 15) is 9.18 Å². The molecule has 0 radical (unpaired) electrons. The number of benzene rings is 1. The quantitative estimate of drug-likeness (QED) is 0.680. The van der Waals surface area contributed by atoms with Crippen LogP contribution in [0.1, 0.15) is 50.2 Å². The van der Waals surface area contributed by atoms with Crippen molar-refractivity contribution in [3.63, 3.8) is 0 Å². The number of nitrogens with zero attached hydrogens (tertiary/aromatic N) is 3. The predicted octanol–water partition coefficient (Wildman–Crippen LogP) is 4.67. The van der Waals surface area contributed by atoms with E-state index in [1.165, 1.54) is 12.4 Å². The highest BCUT2D eigenvalue weighted by Crippen LogP contribution is 2.38. The van der Waals surface area contributed by atoms with Gasteiger partial charge in [-0.25, -0.2) is 19.2 Å². The van der Waals surface area contributed by atoms with Crippen LogP contribution in [0.25, 0.3) is 0 Å². The lowest BCUT2D eigenvalue weighted by Gasteiger charge is -2.49. The summed E-state index contributed by atoms with van der Waals surface area (Å²) in [7, 11) is 0. The fourth-order valence-corrected chi connectivity index (χ4v) is 4.99. The molecule has 2 atom stereocenters. The van der Waals surface area contributed by atoms with Crippen molar-refractivity contribution in [1.29, 1.82) is 0 Å². The number of piperidine rings is 1. The lowest BCUT2D eigenvalue weighted by molar-refractivity contribution is -0.114. The summed E-state index contributed by atoms with van der Waals surface area (Å²) in [4.78, 5) is 23.4. The van der Waals surface area contributed by atoms with Crippen LogP contribution < -0.4 is 10.1 Å². The van der Waals surface area contributed by atoms with Crippen molar-refractivity contribution in [2.45, 2.75) is 76.7 Å². The Labute approximate surface area is 198 Å². The molecule has 2 aromatic rings. The largest absolute Gasteiger partial charge is 0.474 e. The Morgan fingerprint density at radius 2 is 1.94 bits per heavy atom. The number of carbonyl (C=O) groups is 1. The molecule has 1 aliphatic carbocycles. The monoisotopic (exact) mass is 470 g/mol. The first-order valence-electron chi connectivity index (χ1n) is 11.9. The number of carbonyl (C=O) groups excluding carboxylic acids is 1. The van der Waals surface area contributed by atoms with E-state index in [-0.39, 0.29) is 35.7 Å². The lowest BCUT2D eigenvalue weighted by atomic mass is 9.82. The van der Waals surface area contributed by atoms with Crippen LogP contribution in [0, 0.1) is 19.7 Å². The highest BCUT2D eigenvalue weighted by molar-refractivity contribution is 5.69. The maximum absolute atomic E-state index is 14.3. The summed E-state index contributed by atoms with van der Waals surface area (Å²) in [6.45, 7) is 6.62. The van der Waals surface area contributed by atoms with Crippen LogP contribution in [0.3, 0.4) is 0 Å². The van der Waals surface area contributed by atoms with E-state index in [0.29, 0.717) is 49.0 Å². The summed E-state index contributed by atoms with van der Waals surface area (Å²) in [5.41, 5.74) is 1.55. The smallest absolute Gasteiger partial charge is 0.410 e. The van der Waals surface area contributed by atoms with Crippen molar-refractivity contribution in [2.24, 2.45) is 0 Å². The number of fused-ring (bicyclic) bond motifs is 2. The van der Waals surface area contributed by atoms with Crippen molar-refractivity contribution in [1.82, 2.24) is 14.9 Å². The van der Waals surface area contributed by atoms with Crippen LogP contribution in [0.5, 0.6) is 5.88 Å². The SMILES string of the molecule is Cc1ccc(Nc2ncnc(OC3CC4COCC(C3)N4C(=O)OC3(C)CCC3)c2C)c(F)c1. The Kier molecular flexibility index (Phi) is 6.06. The van der Waals surface area contributed by atoms with Gasteiger partial charge in [0.15, 0.2) is 0 Å². The number of hydrogen-bond acceptors (Lipinski definition) is 7. The van der Waals surface area contributed by atoms with Crippen LogP contribution >= 0.6 is 0 Å². The predicted molar refractivity (Wildman–Crippen MR) is 124 cm³/mol. The molecule has 1 saturated carbocycles. The second kappa shape index (κ2) is 9.02. The van der Waals surface area contributed by atoms with Crippen molar-refractivity contribution in [2.75, 3.05) is 18.5 Å². The van der Waals surface area contributed by atoms with Gasteiger partial charge in [-0.15, -0.1) is 0 Å². The molecule has 2 saturated heterocycles. The Morgan fingerprint density at radius 3 is 2.59 bits per heavy atom. The topological polar surface area (TPSA) is 85.8 Å². The zero-order valence-electron chi connectivity index (χ0n) is 19.8. The minimum absolute atomic E-state index is 0.102. The van der Waals surface area contributed by atoms with E-state index >= 15 is 0 Å². The number of hydrogen-bond donors (Lipinski definition) is 1. The van der Waals surface area contributed by atoms with Gasteiger partial charge >= 0.3 is 6.09 Å². The normalized spacial score (nSPS) is 25.3. The summed E-state index contributed by atoms with van der Waals surface area (Å²) in [5, 5.41) is 3.04. The molecule has 2 aliphatic heterocycles. The molecule has 3 heterocycles. The molecule has 1 aromatic heterocycles. The number of aryl methyl sites for hydroxylation is 1. The Hall–Kier alpha value is -2.94. The second-order valence-corrected chi connectivity index (χ2v) is 9.90. The van der Waals surface area contributed by atoms with E-state index in [0.717, 1.165) is 24.8 Å². The first kappa shape index (κ1) is 22.8. The van der Waals surface area contributed by atoms with Crippen LogP contribution in [0.15, 0.2) is 24.5 Å². The summed E-state index contributed by atoms with van der Waals surface area (Å²) >= 11 is 0. The van der Waals surface area contributed by atoms with E-state index in [1.54, 1.807) is 6.07 Å². The number of amides is 1. The molecule has 182 valence electrons. The third-order valence-corrected chi connectivity index (χ3v) is 7.13. The van der Waals surface area contributed by atoms with Crippen molar-refractivity contribution in [3.05, 3.63) is 41.5 Å². The fourth-order valence-electron chi connectivity index (χ4n) is 4.99. The Bertz CT molecular complexity index is 1060. The first-order valence-corrected chi connectivity index (χ1v) is 11.9. The molecule has 34 heavy (non-hydrogen) atoms. The van der Waals surface area contributed by atoms with Gasteiger partial charge in [-0.2, -0.15) is 0 Å². The highest BCUT2D eigenvalue weighted by atomic mass is 19.1. The Morgan fingerprint density at radius 1 is 1.21 bits per heavy atom. The number of morpholine rings is 1. The first-order chi connectivity index (χ1) is 16.3. The number of anilines is 2. The number of halogens is 1. The van der Waals surface area contributed by atoms with Gasteiger partial charge in [-0.05, 0) is 57.7 Å². The maximum Gasteiger partial charge on any atom is 0.410 e. The molecule has 3 aliphatic rings. The summed E-state index contributed by atoms with van der Waals surface area (Å²) in [6.07, 6.45) is 5.22. The van der Waals surface area contributed by atoms with E-state index in [2.05, 4.69) is 15.3 Å². The van der Waals surface area contributed by atoms with E-state index in [1.807, 2.05) is 31.7 Å². The minimum Gasteiger partial charge on any atom is -0.474 e. The average Bonchev–Trinajstić information content (AvgIpc) is 2.76. The molecule has 2 bridgehead atoms. The number of aromatic nitrogens is 2. The van der Waals surface area contributed by atoms with Gasteiger partial charge in [-0.1, -0.05) is 6.07 Å². The highest BCUT2D eigenvalue weighted by Gasteiger charge is 2.46. The molecule has 2 unspecified atom stereocenters. The summed E-state index contributed by atoms with van der Waals surface area (Å²) in [6, 6.07) is 4.79. The van der Waals surface area contributed by atoms with Crippen LogP contribution in [0.2, 0.25) is 0 Å². The third-order valence-electron chi connectivity index (χ3n) is 7.13. The van der Waals surface area contributed by atoms with E-state index in [4.69, 9.17) is 14.2 Å². The van der Waals surface area contributed by atoms with Gasteiger partial charge in [-0.3, -0.25) is 4.90 Å². The molecule has 0 spiro atoms. The van der Waals surface area contributed by atoms with Gasteiger partial charge < -0.3 is 19.5 Å². The van der Waals surface area contributed by atoms with Crippen LogP contribution in [-0.4, -0.2) is 58.0 Å². The minimum atomic E-state index is -0.344. The van der Waals surface area contributed by atoms with Gasteiger partial charge in [0.25, 0.3) is 0 Å². The zero-order valence-corrected chi connectivity index (χ0v) is 19.8. The lowest BCUT2D eigenvalue weighted by Crippen LogP contribution is -2.62. The summed E-state index contributed by atoms with van der Waals surface area (Å²) < 4.78 is 32.2. The third kappa shape index (κ3) is 4.53. The molecule has 8 nitrogen and oxygen atoms in total. The molecule has 9 heteroatoms. The van der Waals surface area contributed by atoms with Crippen LogP contribution in [0.4, 0.5) is 20.7 Å². The molecule has 5 rings (SSSR count). The van der Waals surface area contributed by atoms with Crippen molar-refractivity contribution < 1.29 is 23.4 Å². The maximum atomic E-state index is 14.3. The number of rotatable bonds is 5. The molecule has 1 aromatic carbocycles. The molecular formula is C25H31FN4O4. The van der Waals surface area contributed by atoms with Gasteiger partial charge in [0.2, 0.25) is 5.88 Å². The van der Waals surface area contributed by atoms with E-state index < -0.39 is 0 Å². The average molecular weight is 471 g/mol. The van der Waals surface area contributed by atoms with Gasteiger partial charge in [0.05, 0.1) is 36.5 Å². The molecule has 1 amide bonds. The number of ether oxygens (including phenoxy) is 3. The fraction of sp³-hybridized carbons (Fsp3) is 0.560. The second-order valence-electron chi connectivity index (χ2n) is 9.90. The summed E-state index contributed by atoms with van der Waals surface area (Å²) in [5.74, 6) is 0.598. The standard InChI is InChI=1S/C25H31FN4O4/c1-15-5-6-21(20(26)9-15)29-22-16(2)23(28-14-27-22)33-19-10-17-12-32-13-18(11-19)30(17)24(31)34-25(3)7-4-8-25/h5-6,9,14,17-19H,4,7-8,10-13H2,1-3H3,(H,27,28,29). The number of nitrogens with one attached hydrogen (secondary N) is 1. The van der Waals surface area contributed by atoms with Gasteiger partial charge in [0, 0.05) is 12.8 Å². The van der Waals surface area contributed by atoms with Crippen molar-refractivity contribution >= 4 is 17.6 Å². The van der Waals surface area contributed by atoms with Crippen LogP contribution in [-0.2, 0) is 9.47 Å². The molecule has 3 fully saturated rings. The zero-order chi connectivity index (χ0) is 23.9. The van der Waals surface area contributed by atoms with Gasteiger partial charge in [0.1, 0.15) is 29.7 Å². The molecular weight excluding hydrogens is 439 g/mol. The van der Waals surface area contributed by atoms with Crippen molar-refractivity contribution in [3.8, 4) is 5.88 Å². The Balaban J connectivity index is 1.27. The molecule has 1 N–H and O–H groups in total.